The highest BCUT2D eigenvalue weighted by Gasteiger charge is 2.17. The van der Waals surface area contributed by atoms with Crippen molar-refractivity contribution in [2.45, 2.75) is 20.0 Å². The first-order chi connectivity index (χ1) is 14.9. The molecule has 0 bridgehead atoms. The molecule has 0 radical (unpaired) electrons. The average Bonchev–Trinajstić information content (AvgIpc) is 2.76. The molecule has 2 aromatic carbocycles. The van der Waals surface area contributed by atoms with E-state index in [1.165, 1.54) is 10.7 Å². The fourth-order valence-electron chi connectivity index (χ4n) is 3.71. The van der Waals surface area contributed by atoms with Crippen LogP contribution in [0, 0.1) is 12.7 Å². The Morgan fingerprint density at radius 3 is 2.45 bits per heavy atom. The normalized spacial score (nSPS) is 14.7. The van der Waals surface area contributed by atoms with Gasteiger partial charge in [0.15, 0.2) is 0 Å². The Bertz CT molecular complexity index is 1140. The molecule has 0 amide bonds. The number of aryl methyl sites for hydroxylation is 1. The van der Waals surface area contributed by atoms with Gasteiger partial charge < -0.3 is 5.32 Å². The summed E-state index contributed by atoms with van der Waals surface area (Å²) in [5, 5.41) is 8.86. The van der Waals surface area contributed by atoms with E-state index in [-0.39, 0.29) is 17.9 Å². The van der Waals surface area contributed by atoms with E-state index >= 15 is 0 Å². The van der Waals surface area contributed by atoms with Crippen LogP contribution >= 0.6 is 23.2 Å². The van der Waals surface area contributed by atoms with Crippen LogP contribution in [0.1, 0.15) is 16.7 Å². The summed E-state index contributed by atoms with van der Waals surface area (Å²) in [5.41, 5.74) is 2.97. The van der Waals surface area contributed by atoms with Crippen molar-refractivity contribution in [1.82, 2.24) is 20.0 Å². The van der Waals surface area contributed by atoms with Crippen molar-refractivity contribution < 1.29 is 4.39 Å². The Hall–Kier alpha value is -2.25. The second-order valence-corrected chi connectivity index (χ2v) is 8.52. The maximum Gasteiger partial charge on any atom is 0.271 e. The molecule has 1 N–H and O–H groups in total. The fraction of sp³-hybridized carbons (Fsp3) is 0.304. The highest BCUT2D eigenvalue weighted by molar-refractivity contribution is 6.35. The number of nitrogens with zero attached hydrogens (tertiary/aromatic N) is 3. The standard InChI is InChI=1S/C23H23Cl2FN4O/c1-15-11-16(5-6-21(15)26)22-12-17(13-29-9-7-27-8-10-29)23(31)30(28-22)14-18-19(24)3-2-4-20(18)25/h2-6,11-12,27H,7-10,13-14H2,1H3. The molecule has 0 spiro atoms. The van der Waals surface area contributed by atoms with Gasteiger partial charge in [-0.15, -0.1) is 0 Å². The van der Waals surface area contributed by atoms with E-state index in [0.29, 0.717) is 39.0 Å². The maximum atomic E-state index is 13.8. The molecule has 5 nitrogen and oxygen atoms in total. The number of piperazine rings is 1. The van der Waals surface area contributed by atoms with E-state index in [4.69, 9.17) is 23.2 Å². The molecule has 1 saturated heterocycles. The van der Waals surface area contributed by atoms with Gasteiger partial charge in [-0.05, 0) is 48.9 Å². The largest absolute Gasteiger partial charge is 0.314 e. The average molecular weight is 461 g/mol. The molecule has 1 fully saturated rings. The molecular formula is C23H23Cl2FN4O. The van der Waals surface area contributed by atoms with Gasteiger partial charge in [0.25, 0.3) is 5.56 Å². The smallest absolute Gasteiger partial charge is 0.271 e. The lowest BCUT2D eigenvalue weighted by atomic mass is 10.1. The summed E-state index contributed by atoms with van der Waals surface area (Å²) in [6.45, 7) is 5.88. The minimum atomic E-state index is -0.277. The lowest BCUT2D eigenvalue weighted by Gasteiger charge is -2.27. The van der Waals surface area contributed by atoms with Crippen LogP contribution in [0.3, 0.4) is 0 Å². The van der Waals surface area contributed by atoms with E-state index in [1.807, 2.05) is 6.07 Å². The Morgan fingerprint density at radius 2 is 1.77 bits per heavy atom. The van der Waals surface area contributed by atoms with Crippen molar-refractivity contribution in [3.05, 3.63) is 85.4 Å². The molecule has 0 aliphatic carbocycles. The van der Waals surface area contributed by atoms with Crippen LogP contribution < -0.4 is 10.9 Å². The van der Waals surface area contributed by atoms with E-state index in [9.17, 15) is 9.18 Å². The van der Waals surface area contributed by atoms with Crippen molar-refractivity contribution in [3.8, 4) is 11.3 Å². The zero-order valence-electron chi connectivity index (χ0n) is 17.2. The predicted molar refractivity (Wildman–Crippen MR) is 122 cm³/mol. The highest BCUT2D eigenvalue weighted by atomic mass is 35.5. The molecule has 0 atom stereocenters. The van der Waals surface area contributed by atoms with Gasteiger partial charge in [-0.2, -0.15) is 5.10 Å². The number of benzene rings is 2. The Balaban J connectivity index is 1.79. The van der Waals surface area contributed by atoms with Gasteiger partial charge in [0.1, 0.15) is 5.82 Å². The van der Waals surface area contributed by atoms with Crippen LogP contribution in [0.25, 0.3) is 11.3 Å². The quantitative estimate of drug-likeness (QED) is 0.621. The van der Waals surface area contributed by atoms with E-state index < -0.39 is 0 Å². The third kappa shape index (κ3) is 4.99. The molecule has 1 aliphatic rings. The second kappa shape index (κ2) is 9.49. The Morgan fingerprint density at radius 1 is 1.06 bits per heavy atom. The lowest BCUT2D eigenvalue weighted by molar-refractivity contribution is 0.231. The molecular weight excluding hydrogens is 438 g/mol. The molecule has 8 heteroatoms. The summed E-state index contributed by atoms with van der Waals surface area (Å²) < 4.78 is 15.2. The van der Waals surface area contributed by atoms with Gasteiger partial charge in [-0.1, -0.05) is 29.3 Å². The van der Waals surface area contributed by atoms with Gasteiger partial charge in [-0.25, -0.2) is 9.07 Å². The summed E-state index contributed by atoms with van der Waals surface area (Å²) in [6, 6.07) is 11.9. The lowest BCUT2D eigenvalue weighted by Crippen LogP contribution is -2.44. The zero-order valence-corrected chi connectivity index (χ0v) is 18.7. The number of hydrogen-bond donors (Lipinski definition) is 1. The molecule has 2 heterocycles. The maximum absolute atomic E-state index is 13.8. The van der Waals surface area contributed by atoms with Crippen molar-refractivity contribution in [1.29, 1.82) is 0 Å². The molecule has 4 rings (SSSR count). The molecule has 1 aromatic heterocycles. The summed E-state index contributed by atoms with van der Waals surface area (Å²) in [5.74, 6) is -0.277. The van der Waals surface area contributed by atoms with Crippen molar-refractivity contribution in [2.24, 2.45) is 0 Å². The second-order valence-electron chi connectivity index (χ2n) is 7.71. The van der Waals surface area contributed by atoms with Gasteiger partial charge in [0.2, 0.25) is 0 Å². The number of nitrogens with one attached hydrogen (secondary N) is 1. The summed E-state index contributed by atoms with van der Waals surface area (Å²) in [4.78, 5) is 15.5. The minimum absolute atomic E-state index is 0.153. The molecule has 31 heavy (non-hydrogen) atoms. The third-order valence-corrected chi connectivity index (χ3v) is 6.18. The van der Waals surface area contributed by atoms with Gasteiger partial charge in [-0.3, -0.25) is 9.69 Å². The summed E-state index contributed by atoms with van der Waals surface area (Å²) in [7, 11) is 0. The van der Waals surface area contributed by atoms with E-state index in [2.05, 4.69) is 15.3 Å². The summed E-state index contributed by atoms with van der Waals surface area (Å²) in [6.07, 6.45) is 0. The van der Waals surface area contributed by atoms with Crippen LogP contribution in [-0.2, 0) is 13.1 Å². The number of hydrogen-bond acceptors (Lipinski definition) is 4. The Kier molecular flexibility index (Phi) is 6.72. The first-order valence-corrected chi connectivity index (χ1v) is 10.9. The van der Waals surface area contributed by atoms with Gasteiger partial charge >= 0.3 is 0 Å². The predicted octanol–water partition coefficient (Wildman–Crippen LogP) is 4.12. The van der Waals surface area contributed by atoms with Crippen LogP contribution in [-0.4, -0.2) is 40.9 Å². The SMILES string of the molecule is Cc1cc(-c2cc(CN3CCNCC3)c(=O)n(Cc3c(Cl)cccc3Cl)n2)ccc1F. The molecule has 162 valence electrons. The van der Waals surface area contributed by atoms with Crippen LogP contribution in [0.2, 0.25) is 10.0 Å². The van der Waals surface area contributed by atoms with Crippen LogP contribution in [0.15, 0.2) is 47.3 Å². The molecule has 0 unspecified atom stereocenters. The highest BCUT2D eigenvalue weighted by Crippen LogP contribution is 2.25. The molecule has 1 aliphatic heterocycles. The first-order valence-electron chi connectivity index (χ1n) is 10.2. The third-order valence-electron chi connectivity index (χ3n) is 5.48. The molecule has 0 saturated carbocycles. The van der Waals surface area contributed by atoms with Crippen molar-refractivity contribution >= 4 is 23.2 Å². The molecule has 3 aromatic rings. The number of rotatable bonds is 5. The van der Waals surface area contributed by atoms with Crippen molar-refractivity contribution in [2.75, 3.05) is 26.2 Å². The zero-order chi connectivity index (χ0) is 22.0. The monoisotopic (exact) mass is 460 g/mol. The number of halogens is 3. The van der Waals surface area contributed by atoms with E-state index in [1.54, 1.807) is 37.3 Å². The minimum Gasteiger partial charge on any atom is -0.314 e. The van der Waals surface area contributed by atoms with Crippen LogP contribution in [0.4, 0.5) is 4.39 Å². The number of aromatic nitrogens is 2. The van der Waals surface area contributed by atoms with Crippen molar-refractivity contribution in [3.63, 3.8) is 0 Å². The van der Waals surface area contributed by atoms with Gasteiger partial charge in [0, 0.05) is 59.5 Å². The fourth-order valence-corrected chi connectivity index (χ4v) is 4.22. The summed E-state index contributed by atoms with van der Waals surface area (Å²) >= 11 is 12.7. The van der Waals surface area contributed by atoms with Gasteiger partial charge in [0.05, 0.1) is 12.2 Å². The van der Waals surface area contributed by atoms with Crippen LogP contribution in [0.5, 0.6) is 0 Å². The first kappa shape index (κ1) is 22.0. The Labute approximate surface area is 190 Å². The van der Waals surface area contributed by atoms with E-state index in [0.717, 1.165) is 31.7 Å². The topological polar surface area (TPSA) is 50.2 Å².